The zero-order valence-corrected chi connectivity index (χ0v) is 14.8. The lowest BCUT2D eigenvalue weighted by atomic mass is 10.1. The summed E-state index contributed by atoms with van der Waals surface area (Å²) < 4.78 is 0. The van der Waals surface area contributed by atoms with Gasteiger partial charge in [0.15, 0.2) is 0 Å². The first-order valence-electron chi connectivity index (χ1n) is 8.64. The van der Waals surface area contributed by atoms with Crippen molar-refractivity contribution in [2.45, 2.75) is 52.0 Å². The minimum absolute atomic E-state index is 0.0887. The number of aryl methyl sites for hydroxylation is 2. The van der Waals surface area contributed by atoms with Gasteiger partial charge in [-0.25, -0.2) is 0 Å². The van der Waals surface area contributed by atoms with Crippen LogP contribution in [0.1, 0.15) is 43.2 Å². The number of carboxylic acids is 1. The highest BCUT2D eigenvalue weighted by Crippen LogP contribution is 2.16. The van der Waals surface area contributed by atoms with Crippen molar-refractivity contribution in [3.8, 4) is 0 Å². The van der Waals surface area contributed by atoms with Crippen LogP contribution >= 0.6 is 0 Å². The van der Waals surface area contributed by atoms with E-state index in [1.807, 2.05) is 32.0 Å². The van der Waals surface area contributed by atoms with Crippen LogP contribution in [-0.2, 0) is 9.59 Å². The molecule has 6 heteroatoms. The molecule has 1 aromatic carbocycles. The zero-order chi connectivity index (χ0) is 17.9. The molecule has 0 bridgehead atoms. The molecule has 1 atom stereocenters. The van der Waals surface area contributed by atoms with Crippen LogP contribution < -0.4 is 21.5 Å². The first-order valence-corrected chi connectivity index (χ1v) is 8.64. The molecule has 134 valence electrons. The Morgan fingerprint density at radius 2 is 1.92 bits per heavy atom. The second-order valence-electron chi connectivity index (χ2n) is 6.29. The molecule has 0 radical (unpaired) electrons. The summed E-state index contributed by atoms with van der Waals surface area (Å²) in [4.78, 5) is 23.4. The number of hydrogen-bond donors (Lipinski definition) is 3. The van der Waals surface area contributed by atoms with Gasteiger partial charge < -0.3 is 26.3 Å². The van der Waals surface area contributed by atoms with Crippen LogP contribution in [0.2, 0.25) is 0 Å². The maximum Gasteiger partial charge on any atom is 0.230 e. The number of unbranched alkanes of at least 4 members (excludes halogenated alkanes) is 3. The number of aliphatic carboxylic acids is 1. The van der Waals surface area contributed by atoms with E-state index in [1.165, 1.54) is 0 Å². The number of quaternary nitrogens is 2. The molecule has 0 aliphatic carbocycles. The molecule has 0 aromatic heterocycles. The quantitative estimate of drug-likeness (QED) is 0.456. The minimum atomic E-state index is -1.19. The first kappa shape index (κ1) is 20.1. The largest absolute Gasteiger partial charge is 0.544 e. The molecule has 0 aliphatic heterocycles. The number of carbonyl (C=O) groups excluding carboxylic acids is 2. The Kier molecular flexibility index (Phi) is 9.04. The Balaban J connectivity index is 2.45. The van der Waals surface area contributed by atoms with Gasteiger partial charge in [-0.15, -0.1) is 0 Å². The molecule has 6 N–H and O–H groups in total. The van der Waals surface area contributed by atoms with Gasteiger partial charge in [-0.1, -0.05) is 12.1 Å². The fourth-order valence-electron chi connectivity index (χ4n) is 2.53. The molecule has 0 heterocycles. The summed E-state index contributed by atoms with van der Waals surface area (Å²) in [5, 5.41) is 15.7. The Hall–Kier alpha value is -1.92. The fraction of sp³-hybridized carbons (Fsp3) is 0.556. The third-order valence-electron chi connectivity index (χ3n) is 4.03. The van der Waals surface area contributed by atoms with E-state index in [9.17, 15) is 14.7 Å². The lowest BCUT2D eigenvalue weighted by molar-refractivity contribution is -0.682. The molecule has 0 fully saturated rings. The van der Waals surface area contributed by atoms with Gasteiger partial charge in [0, 0.05) is 5.69 Å². The monoisotopic (exact) mass is 336 g/mol. The predicted octanol–water partition coefficient (Wildman–Crippen LogP) is -0.884. The third kappa shape index (κ3) is 7.57. The highest BCUT2D eigenvalue weighted by Gasteiger charge is 2.18. The number of carbonyl (C=O) groups is 2. The SMILES string of the molecule is Cc1ccc(C)c(NC(=O)C[C@H]([NH2+]CCCCCC[NH3+])C(=O)[O-])c1. The van der Waals surface area contributed by atoms with E-state index in [0.29, 0.717) is 6.54 Å². The summed E-state index contributed by atoms with van der Waals surface area (Å²) in [7, 11) is 0. The molecule has 24 heavy (non-hydrogen) atoms. The van der Waals surface area contributed by atoms with E-state index in [4.69, 9.17) is 0 Å². The van der Waals surface area contributed by atoms with E-state index in [1.54, 1.807) is 5.32 Å². The first-order chi connectivity index (χ1) is 11.4. The topological polar surface area (TPSA) is 113 Å². The Morgan fingerprint density at radius 1 is 1.21 bits per heavy atom. The lowest BCUT2D eigenvalue weighted by Crippen LogP contribution is -2.93. The standard InChI is InChI=1S/C18H29N3O3/c1-13-7-8-14(2)15(11-13)21-17(22)12-16(18(23)24)20-10-6-4-3-5-9-19/h7-8,11,16,20H,3-6,9-10,12,19H2,1-2H3,(H,21,22)(H,23,24)/p+1/t16-/m0/s1. The van der Waals surface area contributed by atoms with E-state index >= 15 is 0 Å². The molecule has 1 rings (SSSR count). The maximum atomic E-state index is 12.1. The summed E-state index contributed by atoms with van der Waals surface area (Å²) >= 11 is 0. The van der Waals surface area contributed by atoms with Crippen molar-refractivity contribution in [2.24, 2.45) is 0 Å². The van der Waals surface area contributed by atoms with Crippen LogP contribution in [0.4, 0.5) is 5.69 Å². The van der Waals surface area contributed by atoms with Crippen LogP contribution in [0.3, 0.4) is 0 Å². The van der Waals surface area contributed by atoms with E-state index in [-0.39, 0.29) is 12.3 Å². The van der Waals surface area contributed by atoms with Gasteiger partial charge in [0.1, 0.15) is 6.04 Å². The average molecular weight is 336 g/mol. The average Bonchev–Trinajstić information content (AvgIpc) is 2.52. The number of nitrogens with two attached hydrogens (primary N) is 1. The molecule has 0 saturated heterocycles. The number of hydrogen-bond acceptors (Lipinski definition) is 3. The van der Waals surface area contributed by atoms with E-state index in [0.717, 1.165) is 49.0 Å². The summed E-state index contributed by atoms with van der Waals surface area (Å²) in [5.41, 5.74) is 6.52. The molecule has 0 spiro atoms. The molecule has 1 aromatic rings. The van der Waals surface area contributed by atoms with Gasteiger partial charge in [-0.05, 0) is 56.7 Å². The van der Waals surface area contributed by atoms with Gasteiger partial charge >= 0.3 is 0 Å². The predicted molar refractivity (Wildman–Crippen MR) is 91.0 cm³/mol. The Morgan fingerprint density at radius 3 is 2.58 bits per heavy atom. The van der Waals surface area contributed by atoms with Gasteiger partial charge in [-0.2, -0.15) is 0 Å². The number of nitrogens with one attached hydrogen (secondary N) is 1. The Bertz CT molecular complexity index is 546. The molecular weight excluding hydrogens is 306 g/mol. The van der Waals surface area contributed by atoms with Crippen molar-refractivity contribution in [1.29, 1.82) is 0 Å². The highest BCUT2D eigenvalue weighted by atomic mass is 16.4. The Labute approximate surface area is 143 Å². The molecule has 6 nitrogen and oxygen atoms in total. The van der Waals surface area contributed by atoms with E-state index in [2.05, 4.69) is 11.1 Å². The van der Waals surface area contributed by atoms with Gasteiger partial charge in [0.25, 0.3) is 0 Å². The molecule has 0 aliphatic rings. The summed E-state index contributed by atoms with van der Waals surface area (Å²) in [5.74, 6) is -1.49. The van der Waals surface area contributed by atoms with Gasteiger partial charge in [0.05, 0.1) is 25.5 Å². The molecule has 0 unspecified atom stereocenters. The zero-order valence-electron chi connectivity index (χ0n) is 14.8. The van der Waals surface area contributed by atoms with Crippen LogP contribution in [0.5, 0.6) is 0 Å². The summed E-state index contributed by atoms with van der Waals surface area (Å²) in [6, 6.07) is 4.94. The maximum absolute atomic E-state index is 12.1. The van der Waals surface area contributed by atoms with Crippen LogP contribution in [0.25, 0.3) is 0 Å². The normalized spacial score (nSPS) is 12.0. The molecule has 1 amide bonds. The summed E-state index contributed by atoms with van der Waals surface area (Å²) in [6.45, 7) is 5.47. The smallest absolute Gasteiger partial charge is 0.230 e. The van der Waals surface area contributed by atoms with Crippen molar-refractivity contribution < 1.29 is 25.7 Å². The van der Waals surface area contributed by atoms with Crippen LogP contribution in [0, 0.1) is 13.8 Å². The van der Waals surface area contributed by atoms with Crippen molar-refractivity contribution >= 4 is 17.6 Å². The number of amides is 1. The molecular formula is C18H30N3O3+. The van der Waals surface area contributed by atoms with Crippen molar-refractivity contribution in [3.05, 3.63) is 29.3 Å². The number of carboxylic acid groups (broad SMARTS) is 1. The van der Waals surface area contributed by atoms with Gasteiger partial charge in [0.2, 0.25) is 5.91 Å². The van der Waals surface area contributed by atoms with Gasteiger partial charge in [-0.3, -0.25) is 4.79 Å². The highest BCUT2D eigenvalue weighted by molar-refractivity contribution is 5.94. The fourth-order valence-corrected chi connectivity index (χ4v) is 2.53. The van der Waals surface area contributed by atoms with Crippen LogP contribution in [-0.4, -0.2) is 31.0 Å². The minimum Gasteiger partial charge on any atom is -0.544 e. The molecule has 0 saturated carbocycles. The second kappa shape index (κ2) is 10.8. The van der Waals surface area contributed by atoms with Crippen LogP contribution in [0.15, 0.2) is 18.2 Å². The second-order valence-corrected chi connectivity index (χ2v) is 6.29. The number of rotatable bonds is 11. The summed E-state index contributed by atoms with van der Waals surface area (Å²) in [6.07, 6.45) is 4.11. The van der Waals surface area contributed by atoms with Crippen molar-refractivity contribution in [1.82, 2.24) is 0 Å². The lowest BCUT2D eigenvalue weighted by Gasteiger charge is -2.17. The third-order valence-corrected chi connectivity index (χ3v) is 4.03. The van der Waals surface area contributed by atoms with Crippen molar-refractivity contribution in [3.63, 3.8) is 0 Å². The number of benzene rings is 1. The number of anilines is 1. The van der Waals surface area contributed by atoms with E-state index < -0.39 is 12.0 Å². The van der Waals surface area contributed by atoms with Crippen molar-refractivity contribution in [2.75, 3.05) is 18.4 Å².